The molecular weight excluding hydrogens is 431 g/mol. The third-order valence-electron chi connectivity index (χ3n) is 4.70. The van der Waals surface area contributed by atoms with Crippen LogP contribution in [0, 0.1) is 0 Å². The normalized spacial score (nSPS) is 17.7. The number of halogens is 1. The average Bonchev–Trinajstić information content (AvgIpc) is 2.56. The molecule has 0 bridgehead atoms. The van der Waals surface area contributed by atoms with Crippen molar-refractivity contribution in [1.82, 2.24) is 15.5 Å². The molecule has 0 aliphatic carbocycles. The number of methoxy groups -OCH3 is 1. The molecule has 150 valence electrons. The average molecular weight is 470 g/mol. The lowest BCUT2D eigenvalue weighted by Gasteiger charge is -2.34. The Hall–Kier alpha value is -0.120. The SMILES string of the molecule is CCNC(=NCC1(OC)CCOCC1)NCCN(C(C)C)C(C)C.I. The van der Waals surface area contributed by atoms with E-state index in [-0.39, 0.29) is 29.6 Å². The molecule has 0 aromatic heterocycles. The lowest BCUT2D eigenvalue weighted by Crippen LogP contribution is -2.46. The van der Waals surface area contributed by atoms with Crippen molar-refractivity contribution >= 4 is 29.9 Å². The predicted molar refractivity (Wildman–Crippen MR) is 116 cm³/mol. The summed E-state index contributed by atoms with van der Waals surface area (Å²) in [5.41, 5.74) is -0.178. The molecule has 0 saturated carbocycles. The quantitative estimate of drug-likeness (QED) is 0.308. The predicted octanol–water partition coefficient (Wildman–Crippen LogP) is 2.47. The van der Waals surface area contributed by atoms with Crippen molar-refractivity contribution in [3.63, 3.8) is 0 Å². The number of aliphatic imine (C=N–C) groups is 1. The van der Waals surface area contributed by atoms with Gasteiger partial charge in [0.05, 0.1) is 12.1 Å². The summed E-state index contributed by atoms with van der Waals surface area (Å²) in [6.07, 6.45) is 1.81. The van der Waals surface area contributed by atoms with Crippen LogP contribution >= 0.6 is 24.0 Å². The summed E-state index contributed by atoms with van der Waals surface area (Å²) in [7, 11) is 1.78. The zero-order valence-electron chi connectivity index (χ0n) is 16.9. The van der Waals surface area contributed by atoms with E-state index in [0.717, 1.165) is 51.6 Å². The number of nitrogens with one attached hydrogen (secondary N) is 2. The third-order valence-corrected chi connectivity index (χ3v) is 4.70. The summed E-state index contributed by atoms with van der Waals surface area (Å²) in [5, 5.41) is 6.78. The van der Waals surface area contributed by atoms with Gasteiger partial charge in [-0.15, -0.1) is 24.0 Å². The number of hydrogen-bond acceptors (Lipinski definition) is 4. The Morgan fingerprint density at radius 1 is 1.16 bits per heavy atom. The summed E-state index contributed by atoms with van der Waals surface area (Å²) in [6.45, 7) is 16.0. The summed E-state index contributed by atoms with van der Waals surface area (Å²) < 4.78 is 11.2. The molecule has 7 heteroatoms. The zero-order chi connectivity index (χ0) is 18.0. The second-order valence-electron chi connectivity index (χ2n) is 7.05. The number of ether oxygens (including phenoxy) is 2. The van der Waals surface area contributed by atoms with Crippen molar-refractivity contribution in [2.45, 2.75) is 65.1 Å². The van der Waals surface area contributed by atoms with Gasteiger partial charge in [0.25, 0.3) is 0 Å². The number of rotatable bonds is 9. The molecule has 1 heterocycles. The molecule has 1 rings (SSSR count). The van der Waals surface area contributed by atoms with Crippen LogP contribution in [0.2, 0.25) is 0 Å². The molecule has 0 spiro atoms. The number of nitrogens with zero attached hydrogens (tertiary/aromatic N) is 2. The highest BCUT2D eigenvalue weighted by atomic mass is 127. The van der Waals surface area contributed by atoms with Crippen LogP contribution in [0.3, 0.4) is 0 Å². The molecule has 1 fully saturated rings. The van der Waals surface area contributed by atoms with Gasteiger partial charge in [-0.05, 0) is 34.6 Å². The van der Waals surface area contributed by atoms with E-state index in [1.165, 1.54) is 0 Å². The monoisotopic (exact) mass is 470 g/mol. The minimum absolute atomic E-state index is 0. The molecule has 0 aromatic rings. The van der Waals surface area contributed by atoms with Crippen LogP contribution in [0.1, 0.15) is 47.5 Å². The van der Waals surface area contributed by atoms with Crippen LogP contribution in [0.15, 0.2) is 4.99 Å². The van der Waals surface area contributed by atoms with Crippen molar-refractivity contribution < 1.29 is 9.47 Å². The molecule has 0 amide bonds. The van der Waals surface area contributed by atoms with E-state index < -0.39 is 0 Å². The van der Waals surface area contributed by atoms with E-state index in [9.17, 15) is 0 Å². The molecule has 1 aliphatic heterocycles. The topological polar surface area (TPSA) is 58.1 Å². The van der Waals surface area contributed by atoms with Crippen molar-refractivity contribution in [3.05, 3.63) is 0 Å². The summed E-state index contributed by atoms with van der Waals surface area (Å²) >= 11 is 0. The Morgan fingerprint density at radius 2 is 1.76 bits per heavy atom. The fourth-order valence-electron chi connectivity index (χ4n) is 3.15. The first kappa shape index (κ1) is 24.9. The molecule has 1 saturated heterocycles. The van der Waals surface area contributed by atoms with Crippen molar-refractivity contribution in [2.75, 3.05) is 46.5 Å². The molecular formula is C18H39IN4O2. The van der Waals surface area contributed by atoms with E-state index >= 15 is 0 Å². The van der Waals surface area contributed by atoms with Gasteiger partial charge in [-0.3, -0.25) is 9.89 Å². The number of guanidine groups is 1. The maximum Gasteiger partial charge on any atom is 0.191 e. The minimum Gasteiger partial charge on any atom is -0.381 e. The van der Waals surface area contributed by atoms with Crippen molar-refractivity contribution in [3.8, 4) is 0 Å². The maximum atomic E-state index is 5.76. The Labute approximate surface area is 171 Å². The van der Waals surface area contributed by atoms with Gasteiger partial charge in [0.15, 0.2) is 5.96 Å². The molecule has 2 N–H and O–H groups in total. The summed E-state index contributed by atoms with van der Waals surface area (Å²) in [5.74, 6) is 0.868. The highest BCUT2D eigenvalue weighted by Crippen LogP contribution is 2.24. The number of hydrogen-bond donors (Lipinski definition) is 2. The molecule has 1 aliphatic rings. The Bertz CT molecular complexity index is 364. The highest BCUT2D eigenvalue weighted by Gasteiger charge is 2.32. The van der Waals surface area contributed by atoms with Crippen molar-refractivity contribution in [1.29, 1.82) is 0 Å². The van der Waals surface area contributed by atoms with E-state index in [0.29, 0.717) is 18.6 Å². The van der Waals surface area contributed by atoms with Gasteiger partial charge in [-0.25, -0.2) is 0 Å². The van der Waals surface area contributed by atoms with Gasteiger partial charge in [0.2, 0.25) is 0 Å². The molecule has 0 atom stereocenters. The van der Waals surface area contributed by atoms with E-state index in [1.54, 1.807) is 7.11 Å². The lowest BCUT2D eigenvalue weighted by atomic mass is 9.94. The fraction of sp³-hybridized carbons (Fsp3) is 0.944. The van der Waals surface area contributed by atoms with Crippen LogP contribution < -0.4 is 10.6 Å². The second kappa shape index (κ2) is 13.1. The first-order chi connectivity index (χ1) is 11.4. The molecule has 0 aromatic carbocycles. The first-order valence-corrected chi connectivity index (χ1v) is 9.35. The zero-order valence-corrected chi connectivity index (χ0v) is 19.3. The largest absolute Gasteiger partial charge is 0.381 e. The van der Waals surface area contributed by atoms with Gasteiger partial charge in [-0.2, -0.15) is 0 Å². The summed E-state index contributed by atoms with van der Waals surface area (Å²) in [4.78, 5) is 7.24. The Kier molecular flexibility index (Phi) is 13.0. The smallest absolute Gasteiger partial charge is 0.191 e. The van der Waals surface area contributed by atoms with E-state index in [1.807, 2.05) is 0 Å². The van der Waals surface area contributed by atoms with Crippen molar-refractivity contribution in [2.24, 2.45) is 4.99 Å². The molecule has 6 nitrogen and oxygen atoms in total. The van der Waals surface area contributed by atoms with E-state index in [4.69, 9.17) is 14.5 Å². The third kappa shape index (κ3) is 8.88. The summed E-state index contributed by atoms with van der Waals surface area (Å²) in [6, 6.07) is 1.09. The van der Waals surface area contributed by atoms with Gasteiger partial charge >= 0.3 is 0 Å². The standard InChI is InChI=1S/C18H38N4O2.HI/c1-7-19-17(20-10-11-22(15(2)3)16(4)5)21-14-18(23-6)8-12-24-13-9-18;/h15-16H,7-14H2,1-6H3,(H2,19,20,21);1H. The molecule has 0 unspecified atom stereocenters. The van der Waals surface area contributed by atoms with Gasteiger partial charge in [0, 0.05) is 64.9 Å². The van der Waals surface area contributed by atoms with E-state index in [2.05, 4.69) is 50.2 Å². The Balaban J connectivity index is 0.00000576. The van der Waals surface area contributed by atoms with Crippen LogP contribution in [-0.4, -0.2) is 75.0 Å². The van der Waals surface area contributed by atoms with Gasteiger partial charge < -0.3 is 20.1 Å². The highest BCUT2D eigenvalue weighted by molar-refractivity contribution is 14.0. The van der Waals surface area contributed by atoms with Gasteiger partial charge in [0.1, 0.15) is 0 Å². The van der Waals surface area contributed by atoms with Crippen LogP contribution in [0.4, 0.5) is 0 Å². The molecule has 25 heavy (non-hydrogen) atoms. The maximum absolute atomic E-state index is 5.76. The second-order valence-corrected chi connectivity index (χ2v) is 7.05. The lowest BCUT2D eigenvalue weighted by molar-refractivity contribution is -0.0828. The Morgan fingerprint density at radius 3 is 2.24 bits per heavy atom. The van der Waals surface area contributed by atoms with Gasteiger partial charge in [-0.1, -0.05) is 0 Å². The van der Waals surface area contributed by atoms with Crippen LogP contribution in [-0.2, 0) is 9.47 Å². The van der Waals surface area contributed by atoms with Crippen LogP contribution in [0.25, 0.3) is 0 Å². The molecule has 0 radical (unpaired) electrons. The fourth-order valence-corrected chi connectivity index (χ4v) is 3.15. The minimum atomic E-state index is -0.178. The van der Waals surface area contributed by atoms with Crippen LogP contribution in [0.5, 0.6) is 0 Å². The first-order valence-electron chi connectivity index (χ1n) is 9.35.